The summed E-state index contributed by atoms with van der Waals surface area (Å²) < 4.78 is 60.8. The number of fused-ring (bicyclic) bond motifs is 1. The molecule has 0 bridgehead atoms. The Morgan fingerprint density at radius 1 is 1.26 bits per heavy atom. The molecule has 1 aliphatic rings. The quantitative estimate of drug-likeness (QED) is 0.632. The van der Waals surface area contributed by atoms with Crippen molar-refractivity contribution >= 4 is 11.2 Å². The SMILES string of the molecule is CC1(F)CC1Cn1c(=O)oc2ccc(-c3ccc(OC(F)(F)F)cc3)nc21. The first-order valence-electron chi connectivity index (χ1n) is 8.18. The molecule has 2 heterocycles. The smallest absolute Gasteiger partial charge is 0.406 e. The zero-order valence-electron chi connectivity index (χ0n) is 14.1. The van der Waals surface area contributed by atoms with Gasteiger partial charge in [-0.15, -0.1) is 13.2 Å². The van der Waals surface area contributed by atoms with E-state index < -0.39 is 17.8 Å². The van der Waals surface area contributed by atoms with Gasteiger partial charge in [0.25, 0.3) is 0 Å². The van der Waals surface area contributed by atoms with Gasteiger partial charge in [0.15, 0.2) is 11.2 Å². The molecule has 4 rings (SSSR count). The van der Waals surface area contributed by atoms with Gasteiger partial charge in [-0.2, -0.15) is 0 Å². The van der Waals surface area contributed by atoms with Crippen molar-refractivity contribution in [2.45, 2.75) is 31.9 Å². The summed E-state index contributed by atoms with van der Waals surface area (Å²) in [5, 5.41) is 0. The third-order valence-electron chi connectivity index (χ3n) is 4.64. The molecular weight excluding hydrogens is 368 g/mol. The Bertz CT molecular complexity index is 1050. The van der Waals surface area contributed by atoms with Crippen LogP contribution in [0.2, 0.25) is 0 Å². The average molecular weight is 382 g/mol. The lowest BCUT2D eigenvalue weighted by atomic mass is 10.1. The maximum Gasteiger partial charge on any atom is 0.573 e. The number of ether oxygens (including phenoxy) is 1. The van der Waals surface area contributed by atoms with E-state index in [0.29, 0.717) is 17.7 Å². The number of hydrogen-bond acceptors (Lipinski definition) is 4. The van der Waals surface area contributed by atoms with E-state index in [9.17, 15) is 22.4 Å². The minimum Gasteiger partial charge on any atom is -0.406 e. The zero-order chi connectivity index (χ0) is 19.4. The van der Waals surface area contributed by atoms with Gasteiger partial charge in [-0.3, -0.25) is 4.57 Å². The van der Waals surface area contributed by atoms with Gasteiger partial charge in [-0.05, 0) is 49.7 Å². The minimum absolute atomic E-state index is 0.160. The van der Waals surface area contributed by atoms with Crippen LogP contribution in [-0.2, 0) is 6.54 Å². The van der Waals surface area contributed by atoms with E-state index in [1.165, 1.54) is 35.8 Å². The first-order valence-corrected chi connectivity index (χ1v) is 8.18. The molecule has 2 aromatic heterocycles. The van der Waals surface area contributed by atoms with E-state index in [-0.39, 0.29) is 29.4 Å². The number of rotatable bonds is 4. The van der Waals surface area contributed by atoms with Crippen molar-refractivity contribution in [3.8, 4) is 17.0 Å². The van der Waals surface area contributed by atoms with E-state index >= 15 is 0 Å². The maximum absolute atomic E-state index is 13.8. The van der Waals surface area contributed by atoms with Crippen LogP contribution in [0.25, 0.3) is 22.5 Å². The summed E-state index contributed by atoms with van der Waals surface area (Å²) in [7, 11) is 0. The Morgan fingerprint density at radius 2 is 1.93 bits per heavy atom. The maximum atomic E-state index is 13.8. The first-order chi connectivity index (χ1) is 12.6. The van der Waals surface area contributed by atoms with Gasteiger partial charge in [0.2, 0.25) is 0 Å². The Hall–Kier alpha value is -2.84. The second-order valence-electron chi connectivity index (χ2n) is 6.75. The fourth-order valence-electron chi connectivity index (χ4n) is 2.99. The Kier molecular flexibility index (Phi) is 3.79. The molecule has 1 saturated carbocycles. The molecule has 1 aromatic carbocycles. The van der Waals surface area contributed by atoms with Crippen LogP contribution in [0.1, 0.15) is 13.3 Å². The van der Waals surface area contributed by atoms with Gasteiger partial charge >= 0.3 is 12.1 Å². The molecule has 0 N–H and O–H groups in total. The number of nitrogens with zero attached hydrogens (tertiary/aromatic N) is 2. The summed E-state index contributed by atoms with van der Waals surface area (Å²) in [5.74, 6) is -1.24. The Labute approximate surface area is 150 Å². The van der Waals surface area contributed by atoms with Crippen molar-refractivity contribution in [3.63, 3.8) is 0 Å². The van der Waals surface area contributed by atoms with E-state index in [1.807, 2.05) is 0 Å². The van der Waals surface area contributed by atoms with E-state index in [1.54, 1.807) is 12.1 Å². The second kappa shape index (κ2) is 5.83. The molecule has 1 aliphatic carbocycles. The lowest BCUT2D eigenvalue weighted by Crippen LogP contribution is -2.18. The van der Waals surface area contributed by atoms with Crippen molar-refractivity contribution in [1.29, 1.82) is 0 Å². The van der Waals surface area contributed by atoms with Crippen molar-refractivity contribution in [1.82, 2.24) is 9.55 Å². The molecule has 142 valence electrons. The number of alkyl halides is 4. The van der Waals surface area contributed by atoms with Crippen LogP contribution in [0.4, 0.5) is 17.6 Å². The molecule has 1 fully saturated rings. The van der Waals surface area contributed by atoms with Crippen LogP contribution in [0.5, 0.6) is 5.75 Å². The molecule has 27 heavy (non-hydrogen) atoms. The highest BCUT2D eigenvalue weighted by molar-refractivity contribution is 5.73. The molecule has 9 heteroatoms. The molecule has 5 nitrogen and oxygen atoms in total. The van der Waals surface area contributed by atoms with E-state index in [4.69, 9.17) is 4.42 Å². The third-order valence-corrected chi connectivity index (χ3v) is 4.64. The monoisotopic (exact) mass is 382 g/mol. The van der Waals surface area contributed by atoms with Gasteiger partial charge < -0.3 is 9.15 Å². The molecule has 0 radical (unpaired) electrons. The standard InChI is InChI=1S/C18H14F4N2O3/c1-17(19)8-11(17)9-24-15-14(26-16(24)25)7-6-13(23-15)10-2-4-12(5-3-10)27-18(20,21)22/h2-7,11H,8-9H2,1H3. The van der Waals surface area contributed by atoms with Crippen LogP contribution in [0.15, 0.2) is 45.6 Å². The van der Waals surface area contributed by atoms with Crippen LogP contribution in [0, 0.1) is 5.92 Å². The second-order valence-corrected chi connectivity index (χ2v) is 6.75. The predicted molar refractivity (Wildman–Crippen MR) is 88.0 cm³/mol. The molecule has 2 unspecified atom stereocenters. The van der Waals surface area contributed by atoms with Gasteiger partial charge in [0.1, 0.15) is 11.4 Å². The van der Waals surface area contributed by atoms with Crippen molar-refractivity contribution in [2.24, 2.45) is 5.92 Å². The third kappa shape index (κ3) is 3.54. The van der Waals surface area contributed by atoms with Crippen LogP contribution < -0.4 is 10.5 Å². The molecule has 3 aromatic rings. The number of oxazole rings is 1. The highest BCUT2D eigenvalue weighted by Crippen LogP contribution is 2.47. The Morgan fingerprint density at radius 3 is 2.52 bits per heavy atom. The lowest BCUT2D eigenvalue weighted by Gasteiger charge is -2.09. The first kappa shape index (κ1) is 17.6. The summed E-state index contributed by atoms with van der Waals surface area (Å²) in [6.45, 7) is 1.64. The molecular formula is C18H14F4N2O3. The molecule has 0 aliphatic heterocycles. The van der Waals surface area contributed by atoms with Gasteiger partial charge in [-0.25, -0.2) is 14.2 Å². The largest absolute Gasteiger partial charge is 0.573 e. The number of halogens is 4. The summed E-state index contributed by atoms with van der Waals surface area (Å²) in [4.78, 5) is 16.4. The highest BCUT2D eigenvalue weighted by Gasteiger charge is 2.51. The Balaban J connectivity index is 1.66. The topological polar surface area (TPSA) is 57.3 Å². The van der Waals surface area contributed by atoms with Crippen LogP contribution >= 0.6 is 0 Å². The summed E-state index contributed by atoms with van der Waals surface area (Å²) in [6.07, 6.45) is -4.40. The van der Waals surface area contributed by atoms with Gasteiger partial charge in [-0.1, -0.05) is 0 Å². The average Bonchev–Trinajstić information content (AvgIpc) is 3.05. The van der Waals surface area contributed by atoms with Crippen molar-refractivity contribution in [3.05, 3.63) is 46.9 Å². The zero-order valence-corrected chi connectivity index (χ0v) is 14.1. The minimum atomic E-state index is -4.76. The van der Waals surface area contributed by atoms with Crippen LogP contribution in [-0.4, -0.2) is 21.6 Å². The summed E-state index contributed by atoms with van der Waals surface area (Å²) >= 11 is 0. The molecule has 2 atom stereocenters. The van der Waals surface area contributed by atoms with Crippen LogP contribution in [0.3, 0.4) is 0 Å². The lowest BCUT2D eigenvalue weighted by molar-refractivity contribution is -0.274. The molecule has 0 amide bonds. The van der Waals surface area contributed by atoms with Crippen molar-refractivity contribution in [2.75, 3.05) is 0 Å². The number of benzene rings is 1. The summed E-state index contributed by atoms with van der Waals surface area (Å²) in [5.41, 5.74) is 0.218. The predicted octanol–water partition coefficient (Wildman–Crippen LogP) is 4.30. The number of hydrogen-bond donors (Lipinski definition) is 0. The molecule has 0 saturated heterocycles. The molecule has 0 spiro atoms. The number of pyridine rings is 1. The summed E-state index contributed by atoms with van der Waals surface area (Å²) in [6, 6.07) is 8.35. The highest BCUT2D eigenvalue weighted by atomic mass is 19.4. The van der Waals surface area contributed by atoms with Gasteiger partial charge in [0.05, 0.1) is 5.69 Å². The van der Waals surface area contributed by atoms with Gasteiger partial charge in [0, 0.05) is 18.0 Å². The fraction of sp³-hybridized carbons (Fsp3) is 0.333. The van der Waals surface area contributed by atoms with E-state index in [0.717, 1.165) is 0 Å². The normalized spacial score (nSPS) is 22.2. The fourth-order valence-corrected chi connectivity index (χ4v) is 2.99. The van der Waals surface area contributed by atoms with Crippen molar-refractivity contribution < 1.29 is 26.7 Å². The number of aromatic nitrogens is 2. The van der Waals surface area contributed by atoms with E-state index in [2.05, 4.69) is 9.72 Å².